The third kappa shape index (κ3) is 10.00. The summed E-state index contributed by atoms with van der Waals surface area (Å²) in [6, 6.07) is 23.7. The second-order valence-electron chi connectivity index (χ2n) is 13.0. The van der Waals surface area contributed by atoms with Crippen LogP contribution in [0.2, 0.25) is 0 Å². The van der Waals surface area contributed by atoms with Gasteiger partial charge in [0, 0.05) is 33.4 Å². The molecule has 0 unspecified atom stereocenters. The lowest BCUT2D eigenvalue weighted by Crippen LogP contribution is -2.17. The molecule has 0 amide bonds. The molecule has 1 aliphatic carbocycles. The number of imidazole rings is 2. The van der Waals surface area contributed by atoms with E-state index in [1.165, 1.54) is 35.9 Å². The summed E-state index contributed by atoms with van der Waals surface area (Å²) in [5.74, 6) is -7.97. The zero-order valence-electron chi connectivity index (χ0n) is 33.2. The van der Waals surface area contributed by atoms with Crippen molar-refractivity contribution in [2.45, 2.75) is 84.6 Å². The SMILES string of the molecule is CC.CC.CC(F)(F)c1nc(C#N)c2ccc(-c3ccc(C4(C#N)CC4)cc3)cn12.COCc1cc(OC(F)(F)F)ccc1-c1ccc2c(C#N)nc(C(C)(F)F)n2c1. The first kappa shape index (κ1) is 45.3. The van der Waals surface area contributed by atoms with Crippen LogP contribution in [-0.4, -0.2) is 32.2 Å². The lowest BCUT2D eigenvalue weighted by atomic mass is 9.95. The monoisotopic (exact) mass is 819 g/mol. The van der Waals surface area contributed by atoms with Gasteiger partial charge in [0.25, 0.3) is 0 Å². The molecule has 7 rings (SSSR count). The maximum atomic E-state index is 13.9. The van der Waals surface area contributed by atoms with E-state index in [1.807, 2.05) is 58.0 Å². The summed E-state index contributed by atoms with van der Waals surface area (Å²) >= 11 is 0. The van der Waals surface area contributed by atoms with E-state index in [0.717, 1.165) is 46.9 Å². The van der Waals surface area contributed by atoms with Gasteiger partial charge in [-0.15, -0.1) is 13.2 Å². The van der Waals surface area contributed by atoms with E-state index in [1.54, 1.807) is 30.5 Å². The van der Waals surface area contributed by atoms with E-state index in [4.69, 9.17) is 15.3 Å². The Bertz CT molecular complexity index is 2540. The van der Waals surface area contributed by atoms with Crippen molar-refractivity contribution < 1.29 is 40.2 Å². The molecule has 4 aromatic heterocycles. The van der Waals surface area contributed by atoms with Crippen LogP contribution in [0.15, 0.2) is 79.1 Å². The number of hydrogen-bond acceptors (Lipinski definition) is 7. The number of hydrogen-bond donors (Lipinski definition) is 0. The van der Waals surface area contributed by atoms with Gasteiger partial charge in [0.05, 0.1) is 29.1 Å². The van der Waals surface area contributed by atoms with Gasteiger partial charge in [0.1, 0.15) is 17.9 Å². The molecule has 0 spiro atoms. The minimum absolute atomic E-state index is 0.0203. The molecule has 0 saturated heterocycles. The lowest BCUT2D eigenvalue weighted by Gasteiger charge is -2.15. The first-order valence-electron chi connectivity index (χ1n) is 18.4. The molecule has 1 aliphatic rings. The lowest BCUT2D eigenvalue weighted by molar-refractivity contribution is -0.274. The Kier molecular flexibility index (Phi) is 13.8. The highest BCUT2D eigenvalue weighted by molar-refractivity contribution is 5.72. The molecule has 4 heterocycles. The van der Waals surface area contributed by atoms with Crippen molar-refractivity contribution >= 4 is 11.0 Å². The van der Waals surface area contributed by atoms with E-state index in [0.29, 0.717) is 29.1 Å². The highest BCUT2D eigenvalue weighted by atomic mass is 19.4. The van der Waals surface area contributed by atoms with Gasteiger partial charge < -0.3 is 9.47 Å². The fraction of sp³-hybridized carbons (Fsp3) is 0.326. The van der Waals surface area contributed by atoms with Gasteiger partial charge in [-0.05, 0) is 70.5 Å². The van der Waals surface area contributed by atoms with E-state index in [9.17, 15) is 36.0 Å². The number of ether oxygens (including phenoxy) is 2. The number of alkyl halides is 7. The number of rotatable bonds is 8. The number of nitrogens with zero attached hydrogens (tertiary/aromatic N) is 7. The van der Waals surface area contributed by atoms with Crippen LogP contribution in [0.4, 0.5) is 30.7 Å². The summed E-state index contributed by atoms with van der Waals surface area (Å²) in [6.45, 7) is 9.39. The number of methoxy groups -OCH3 is 1. The first-order valence-corrected chi connectivity index (χ1v) is 18.4. The fourth-order valence-electron chi connectivity index (χ4n) is 6.18. The number of benzene rings is 2. The summed E-state index contributed by atoms with van der Waals surface area (Å²) in [7, 11) is 1.37. The smallest absolute Gasteiger partial charge is 0.406 e. The molecule has 2 aromatic carbocycles. The van der Waals surface area contributed by atoms with Crippen LogP contribution in [0.3, 0.4) is 0 Å². The molecular formula is C43H40F7N7O2. The number of halogens is 7. The Hall–Kier alpha value is -6.44. The van der Waals surface area contributed by atoms with Gasteiger partial charge in [-0.1, -0.05) is 70.2 Å². The van der Waals surface area contributed by atoms with Crippen LogP contribution < -0.4 is 4.74 Å². The Morgan fingerprint density at radius 1 is 0.678 bits per heavy atom. The highest BCUT2D eigenvalue weighted by Gasteiger charge is 2.44. The predicted molar refractivity (Wildman–Crippen MR) is 206 cm³/mol. The summed E-state index contributed by atoms with van der Waals surface area (Å²) in [5, 5.41) is 27.6. The average molecular weight is 820 g/mol. The van der Waals surface area contributed by atoms with Gasteiger partial charge in [-0.3, -0.25) is 8.80 Å². The molecule has 0 aliphatic heterocycles. The third-order valence-electron chi connectivity index (χ3n) is 8.93. The molecule has 0 bridgehead atoms. The summed E-state index contributed by atoms with van der Waals surface area (Å²) in [5.41, 5.74) is 3.83. The van der Waals surface area contributed by atoms with Gasteiger partial charge in [0.15, 0.2) is 23.0 Å². The topological polar surface area (TPSA) is 124 Å². The minimum Gasteiger partial charge on any atom is -0.406 e. The van der Waals surface area contributed by atoms with E-state index < -0.39 is 35.6 Å². The molecule has 308 valence electrons. The molecule has 9 nitrogen and oxygen atoms in total. The molecule has 59 heavy (non-hydrogen) atoms. The van der Waals surface area contributed by atoms with Crippen molar-refractivity contribution in [2.75, 3.05) is 7.11 Å². The summed E-state index contributed by atoms with van der Waals surface area (Å²) in [4.78, 5) is 7.50. The van der Waals surface area contributed by atoms with E-state index in [-0.39, 0.29) is 28.9 Å². The van der Waals surface area contributed by atoms with Crippen molar-refractivity contribution in [2.24, 2.45) is 0 Å². The second-order valence-corrected chi connectivity index (χ2v) is 13.0. The Morgan fingerprint density at radius 2 is 1.15 bits per heavy atom. The quantitative estimate of drug-likeness (QED) is 0.140. The van der Waals surface area contributed by atoms with Gasteiger partial charge in [-0.25, -0.2) is 9.97 Å². The average Bonchev–Trinajstić information content (AvgIpc) is 3.77. The molecule has 1 fully saturated rings. The highest BCUT2D eigenvalue weighted by Crippen LogP contribution is 2.47. The van der Waals surface area contributed by atoms with E-state index >= 15 is 0 Å². The van der Waals surface area contributed by atoms with Gasteiger partial charge >= 0.3 is 18.2 Å². The zero-order chi connectivity index (χ0) is 43.9. The normalized spacial score (nSPS) is 13.0. The molecule has 0 atom stereocenters. The van der Waals surface area contributed by atoms with Gasteiger partial charge in [0.2, 0.25) is 0 Å². The van der Waals surface area contributed by atoms with Crippen molar-refractivity contribution in [1.29, 1.82) is 15.8 Å². The Morgan fingerprint density at radius 3 is 1.58 bits per heavy atom. The molecule has 6 aromatic rings. The number of nitriles is 3. The van der Waals surface area contributed by atoms with Crippen LogP contribution >= 0.6 is 0 Å². The molecule has 0 radical (unpaired) electrons. The van der Waals surface area contributed by atoms with Gasteiger partial charge in [-0.2, -0.15) is 33.3 Å². The van der Waals surface area contributed by atoms with Crippen LogP contribution in [-0.2, 0) is 28.6 Å². The summed E-state index contributed by atoms with van der Waals surface area (Å²) < 4.78 is 104. The Balaban J connectivity index is 0.000000241. The maximum Gasteiger partial charge on any atom is 0.573 e. The predicted octanol–water partition coefficient (Wildman–Crippen LogP) is 11.6. The molecular weight excluding hydrogens is 780 g/mol. The zero-order valence-corrected chi connectivity index (χ0v) is 33.2. The van der Waals surface area contributed by atoms with E-state index in [2.05, 4.69) is 20.8 Å². The van der Waals surface area contributed by atoms with Crippen molar-refractivity contribution in [3.05, 3.63) is 113 Å². The van der Waals surface area contributed by atoms with Crippen LogP contribution in [0.1, 0.15) is 88.5 Å². The van der Waals surface area contributed by atoms with Crippen LogP contribution in [0, 0.1) is 34.0 Å². The number of aromatic nitrogens is 4. The van der Waals surface area contributed by atoms with Crippen molar-refractivity contribution in [3.63, 3.8) is 0 Å². The fourth-order valence-corrected chi connectivity index (χ4v) is 6.18. The molecule has 1 saturated carbocycles. The molecule has 16 heteroatoms. The Labute approximate surface area is 336 Å². The maximum absolute atomic E-state index is 13.9. The van der Waals surface area contributed by atoms with Crippen LogP contribution in [0.5, 0.6) is 5.75 Å². The largest absolute Gasteiger partial charge is 0.573 e. The third-order valence-corrected chi connectivity index (χ3v) is 8.93. The van der Waals surface area contributed by atoms with Crippen LogP contribution in [0.25, 0.3) is 33.3 Å². The number of pyridine rings is 2. The van der Waals surface area contributed by atoms with Crippen molar-refractivity contribution in [1.82, 2.24) is 18.8 Å². The standard InChI is InChI=1S/C20H14F2N4.C19H14F5N3O2.2C2H6/c1-19(21,22)18-25-16(10-23)17-7-4-14(11-26(17)18)13-2-5-15(6-3-13)20(12-24)8-9-20;1-18(20,21)17-26-15(8-25)16-6-3-11(9-27(16)17)14-5-4-13(29-19(22,23)24)7-12(14)10-28-2;2*1-2/h2-7,11H,8-9H2,1H3;3-7,9H,10H2,1-2H3;2*1-2H3. The number of fused-ring (bicyclic) bond motifs is 2. The minimum atomic E-state index is -4.85. The first-order chi connectivity index (χ1) is 27.9. The summed E-state index contributed by atoms with van der Waals surface area (Å²) in [6.07, 6.45) is -0.181. The molecule has 0 N–H and O–H groups in total. The van der Waals surface area contributed by atoms with Crippen molar-refractivity contribution in [3.8, 4) is 46.2 Å². The second kappa shape index (κ2) is 18.0.